The molecule has 0 aliphatic heterocycles. The Morgan fingerprint density at radius 3 is 2.25 bits per heavy atom. The molecule has 0 spiro atoms. The second kappa shape index (κ2) is 6.45. The number of para-hydroxylation sites is 1. The maximum Gasteiger partial charge on any atom is 0.337 e. The summed E-state index contributed by atoms with van der Waals surface area (Å²) < 4.78 is 28.7. The smallest absolute Gasteiger partial charge is 0.337 e. The minimum Gasteiger partial charge on any atom is -0.478 e. The molecule has 0 amide bonds. The molecule has 4 nitrogen and oxygen atoms in total. The van der Waals surface area contributed by atoms with Gasteiger partial charge in [0.05, 0.1) is 16.8 Å². The Balaban J connectivity index is 1.99. The molecule has 0 saturated carbocycles. The molecule has 0 bridgehead atoms. The molecular formula is C18H12F2N2O2. The van der Waals surface area contributed by atoms with Crippen molar-refractivity contribution < 1.29 is 18.7 Å². The van der Waals surface area contributed by atoms with E-state index in [-0.39, 0.29) is 22.5 Å². The lowest BCUT2D eigenvalue weighted by Gasteiger charge is -2.12. The molecule has 24 heavy (non-hydrogen) atoms. The quantitative estimate of drug-likeness (QED) is 0.742. The molecule has 0 atom stereocenters. The number of hydrogen-bond acceptors (Lipinski definition) is 3. The highest BCUT2D eigenvalue weighted by molar-refractivity contribution is 5.95. The molecule has 120 valence electrons. The maximum atomic E-state index is 14.3. The summed E-state index contributed by atoms with van der Waals surface area (Å²) in [6.45, 7) is 0. The topological polar surface area (TPSA) is 62.2 Å². The molecule has 0 aliphatic rings. The number of carboxylic acids is 1. The van der Waals surface area contributed by atoms with Crippen molar-refractivity contribution in [1.29, 1.82) is 0 Å². The number of aromatic nitrogens is 1. The Bertz CT molecular complexity index is 876. The molecule has 0 aliphatic carbocycles. The van der Waals surface area contributed by atoms with Crippen molar-refractivity contribution in [3.8, 4) is 11.1 Å². The molecule has 1 heterocycles. The third kappa shape index (κ3) is 3.08. The number of nitrogens with zero attached hydrogens (tertiary/aromatic N) is 1. The van der Waals surface area contributed by atoms with E-state index in [2.05, 4.69) is 10.3 Å². The summed E-state index contributed by atoms with van der Waals surface area (Å²) in [5, 5.41) is 11.9. The lowest BCUT2D eigenvalue weighted by Crippen LogP contribution is -2.03. The van der Waals surface area contributed by atoms with Gasteiger partial charge in [-0.2, -0.15) is 0 Å². The fourth-order valence-electron chi connectivity index (χ4n) is 2.37. The van der Waals surface area contributed by atoms with Crippen LogP contribution in [0.2, 0.25) is 0 Å². The Kier molecular flexibility index (Phi) is 4.20. The van der Waals surface area contributed by atoms with Crippen LogP contribution in [0.4, 0.5) is 20.2 Å². The van der Waals surface area contributed by atoms with Crippen LogP contribution in [-0.4, -0.2) is 16.1 Å². The van der Waals surface area contributed by atoms with Gasteiger partial charge in [0.25, 0.3) is 0 Å². The molecule has 3 rings (SSSR count). The number of benzene rings is 2. The zero-order valence-electron chi connectivity index (χ0n) is 12.3. The molecule has 0 fully saturated rings. The summed E-state index contributed by atoms with van der Waals surface area (Å²) in [5.41, 5.74) is 0.598. The van der Waals surface area contributed by atoms with Crippen LogP contribution in [0, 0.1) is 11.6 Å². The van der Waals surface area contributed by atoms with Gasteiger partial charge in [-0.3, -0.25) is 4.98 Å². The van der Waals surface area contributed by atoms with Crippen LogP contribution in [0.5, 0.6) is 0 Å². The van der Waals surface area contributed by atoms with Crippen molar-refractivity contribution >= 4 is 17.3 Å². The van der Waals surface area contributed by atoms with E-state index in [0.717, 1.165) is 12.1 Å². The van der Waals surface area contributed by atoms with Crippen LogP contribution in [0.3, 0.4) is 0 Å². The number of carboxylic acid groups (broad SMARTS) is 1. The van der Waals surface area contributed by atoms with Gasteiger partial charge < -0.3 is 10.4 Å². The average Bonchev–Trinajstić information content (AvgIpc) is 2.55. The number of nitrogens with one attached hydrogen (secondary N) is 1. The number of aromatic carboxylic acids is 1. The predicted octanol–water partition coefficient (Wildman–Crippen LogP) is 4.47. The predicted molar refractivity (Wildman–Crippen MR) is 86.3 cm³/mol. The van der Waals surface area contributed by atoms with Crippen molar-refractivity contribution in [3.63, 3.8) is 0 Å². The summed E-state index contributed by atoms with van der Waals surface area (Å²) in [4.78, 5) is 15.0. The Hall–Kier alpha value is -3.28. The minimum atomic E-state index is -1.13. The van der Waals surface area contributed by atoms with Gasteiger partial charge in [-0.15, -0.1) is 0 Å². The normalized spacial score (nSPS) is 10.4. The van der Waals surface area contributed by atoms with Gasteiger partial charge >= 0.3 is 5.97 Å². The van der Waals surface area contributed by atoms with E-state index in [9.17, 15) is 13.6 Å². The minimum absolute atomic E-state index is 0.0107. The van der Waals surface area contributed by atoms with Crippen molar-refractivity contribution in [3.05, 3.63) is 78.1 Å². The van der Waals surface area contributed by atoms with Gasteiger partial charge in [-0.1, -0.05) is 12.1 Å². The first kappa shape index (κ1) is 15.6. The molecule has 0 unspecified atom stereocenters. The van der Waals surface area contributed by atoms with Gasteiger partial charge in [0.15, 0.2) is 0 Å². The fourth-order valence-corrected chi connectivity index (χ4v) is 2.37. The molecule has 6 heteroatoms. The van der Waals surface area contributed by atoms with Crippen molar-refractivity contribution in [2.75, 3.05) is 5.32 Å². The van der Waals surface area contributed by atoms with Crippen molar-refractivity contribution in [2.45, 2.75) is 0 Å². The number of carbonyl (C=O) groups is 1. The SMILES string of the molecule is O=C(O)c1ccccc1Nc1cc(F)c(-c2ccncc2)c(F)c1. The van der Waals surface area contributed by atoms with E-state index < -0.39 is 17.6 Å². The van der Waals surface area contributed by atoms with Crippen LogP contribution in [0.1, 0.15) is 10.4 Å². The standard InChI is InChI=1S/C18H12F2N2O2/c19-14-9-12(22-16-4-2-1-3-13(16)18(23)24)10-15(20)17(14)11-5-7-21-8-6-11/h1-10,22H,(H,23,24). The molecule has 1 aromatic heterocycles. The van der Waals surface area contributed by atoms with E-state index in [4.69, 9.17) is 5.11 Å². The third-order valence-corrected chi connectivity index (χ3v) is 3.45. The van der Waals surface area contributed by atoms with Crippen LogP contribution in [-0.2, 0) is 0 Å². The van der Waals surface area contributed by atoms with E-state index in [1.54, 1.807) is 12.1 Å². The summed E-state index contributed by atoms with van der Waals surface area (Å²) in [7, 11) is 0. The van der Waals surface area contributed by atoms with Gasteiger partial charge in [0.2, 0.25) is 0 Å². The summed E-state index contributed by atoms with van der Waals surface area (Å²) in [6, 6.07) is 11.4. The van der Waals surface area contributed by atoms with Crippen LogP contribution >= 0.6 is 0 Å². The highest BCUT2D eigenvalue weighted by Crippen LogP contribution is 2.30. The van der Waals surface area contributed by atoms with E-state index in [1.165, 1.54) is 36.7 Å². The monoisotopic (exact) mass is 326 g/mol. The van der Waals surface area contributed by atoms with Gasteiger partial charge in [-0.25, -0.2) is 13.6 Å². The van der Waals surface area contributed by atoms with Gasteiger partial charge in [0, 0.05) is 18.1 Å². The van der Waals surface area contributed by atoms with Gasteiger partial charge in [0.1, 0.15) is 11.6 Å². The number of hydrogen-bond donors (Lipinski definition) is 2. The van der Waals surface area contributed by atoms with Crippen LogP contribution in [0.15, 0.2) is 60.9 Å². The third-order valence-electron chi connectivity index (χ3n) is 3.45. The molecular weight excluding hydrogens is 314 g/mol. The molecule has 0 saturated heterocycles. The first-order valence-corrected chi connectivity index (χ1v) is 7.05. The van der Waals surface area contributed by atoms with Crippen molar-refractivity contribution in [2.24, 2.45) is 0 Å². The molecule has 2 aromatic carbocycles. The number of halogens is 2. The van der Waals surface area contributed by atoms with E-state index in [0.29, 0.717) is 5.56 Å². The highest BCUT2D eigenvalue weighted by atomic mass is 19.1. The van der Waals surface area contributed by atoms with Crippen molar-refractivity contribution in [1.82, 2.24) is 4.98 Å². The fraction of sp³-hybridized carbons (Fsp3) is 0. The second-order valence-corrected chi connectivity index (χ2v) is 5.03. The van der Waals surface area contributed by atoms with E-state index in [1.807, 2.05) is 0 Å². The van der Waals surface area contributed by atoms with Gasteiger partial charge in [-0.05, 0) is 42.0 Å². The summed E-state index contributed by atoms with van der Waals surface area (Å²) in [6.07, 6.45) is 2.90. The summed E-state index contributed by atoms with van der Waals surface area (Å²) >= 11 is 0. The lowest BCUT2D eigenvalue weighted by atomic mass is 10.0. The lowest BCUT2D eigenvalue weighted by molar-refractivity contribution is 0.0698. The molecule has 3 aromatic rings. The largest absolute Gasteiger partial charge is 0.478 e. The first-order chi connectivity index (χ1) is 11.6. The number of pyridine rings is 1. The zero-order chi connectivity index (χ0) is 17.1. The Morgan fingerprint density at radius 2 is 1.62 bits per heavy atom. The van der Waals surface area contributed by atoms with Crippen LogP contribution in [0.25, 0.3) is 11.1 Å². The van der Waals surface area contributed by atoms with Crippen LogP contribution < -0.4 is 5.32 Å². The second-order valence-electron chi connectivity index (χ2n) is 5.03. The molecule has 2 N–H and O–H groups in total. The number of rotatable bonds is 4. The molecule has 0 radical (unpaired) electrons. The first-order valence-electron chi connectivity index (χ1n) is 7.05. The maximum absolute atomic E-state index is 14.3. The Labute approximate surface area is 136 Å². The number of anilines is 2. The van der Waals surface area contributed by atoms with E-state index >= 15 is 0 Å². The average molecular weight is 326 g/mol. The summed E-state index contributed by atoms with van der Waals surface area (Å²) in [5.74, 6) is -2.64. The highest BCUT2D eigenvalue weighted by Gasteiger charge is 2.15. The zero-order valence-corrected chi connectivity index (χ0v) is 12.3. The Morgan fingerprint density at radius 1 is 1.00 bits per heavy atom.